The van der Waals surface area contributed by atoms with E-state index >= 15 is 0 Å². The summed E-state index contributed by atoms with van der Waals surface area (Å²) < 4.78 is 0. The van der Waals surface area contributed by atoms with Gasteiger partial charge in [-0.05, 0) is 18.1 Å². The van der Waals surface area contributed by atoms with Gasteiger partial charge in [-0.15, -0.1) is 0 Å². The van der Waals surface area contributed by atoms with Crippen molar-refractivity contribution < 1.29 is 0 Å². The zero-order valence-electron chi connectivity index (χ0n) is 10.1. The molecule has 1 saturated heterocycles. The Hall–Kier alpha value is -1.60. The van der Waals surface area contributed by atoms with Gasteiger partial charge < -0.3 is 0 Å². The fourth-order valence-electron chi connectivity index (χ4n) is 2.57. The summed E-state index contributed by atoms with van der Waals surface area (Å²) in [5.74, 6) is 0. The predicted octanol–water partition coefficient (Wildman–Crippen LogP) is 3.63. The molecule has 1 aliphatic rings. The summed E-state index contributed by atoms with van der Waals surface area (Å²) in [5.41, 5.74) is 2.84. The lowest BCUT2D eigenvalue weighted by Gasteiger charge is -2.04. The third-order valence-electron chi connectivity index (χ3n) is 3.60. The van der Waals surface area contributed by atoms with Gasteiger partial charge in [0.1, 0.15) is 0 Å². The maximum atomic E-state index is 2.53. The van der Waals surface area contributed by atoms with Crippen molar-refractivity contribution in [2.24, 2.45) is 0 Å². The van der Waals surface area contributed by atoms with E-state index in [1.165, 1.54) is 11.1 Å². The van der Waals surface area contributed by atoms with Crippen molar-refractivity contribution in [3.63, 3.8) is 0 Å². The predicted molar refractivity (Wildman–Crippen MR) is 70.6 cm³/mol. The van der Waals surface area contributed by atoms with Gasteiger partial charge in [0, 0.05) is 12.6 Å². The Morgan fingerprint density at radius 2 is 1.47 bits per heavy atom. The quantitative estimate of drug-likeness (QED) is 0.718. The van der Waals surface area contributed by atoms with Crippen molar-refractivity contribution in [3.8, 4) is 0 Å². The number of hydrogen-bond donors (Lipinski definition) is 0. The minimum atomic E-state index is 0.608. The monoisotopic (exact) mass is 223 g/mol. The maximum Gasteiger partial charge on any atom is 0.0508 e. The fraction of sp³-hybridized carbons (Fsp3) is 0.250. The second kappa shape index (κ2) is 4.34. The number of nitrogens with zero attached hydrogens (tertiary/aromatic N) is 1. The Labute approximate surface area is 103 Å². The van der Waals surface area contributed by atoms with Gasteiger partial charge in [-0.3, -0.25) is 4.90 Å². The molecule has 0 spiro atoms. The summed E-state index contributed by atoms with van der Waals surface area (Å²) in [7, 11) is 0. The molecule has 3 rings (SSSR count). The van der Waals surface area contributed by atoms with E-state index in [-0.39, 0.29) is 0 Å². The van der Waals surface area contributed by atoms with E-state index in [4.69, 9.17) is 0 Å². The molecular weight excluding hydrogens is 206 g/mol. The molecule has 0 aliphatic carbocycles. The zero-order chi connectivity index (χ0) is 11.7. The average Bonchev–Trinajstić information content (AvgIpc) is 3.02. The fourth-order valence-corrected chi connectivity index (χ4v) is 2.57. The van der Waals surface area contributed by atoms with Crippen LogP contribution in [0.5, 0.6) is 0 Å². The first kappa shape index (κ1) is 10.5. The highest BCUT2D eigenvalue weighted by Gasteiger charge is 2.44. The summed E-state index contributed by atoms with van der Waals surface area (Å²) in [6.07, 6.45) is 0. The van der Waals surface area contributed by atoms with Crippen LogP contribution in [0, 0.1) is 0 Å². The Balaban J connectivity index is 1.72. The summed E-state index contributed by atoms with van der Waals surface area (Å²) in [6, 6.07) is 22.8. The lowest BCUT2D eigenvalue weighted by atomic mass is 10.1. The second-order valence-electron chi connectivity index (χ2n) is 4.75. The largest absolute Gasteiger partial charge is 0.286 e. The molecule has 86 valence electrons. The molecule has 2 aromatic rings. The van der Waals surface area contributed by atoms with Crippen LogP contribution in [-0.4, -0.2) is 10.9 Å². The molecule has 17 heavy (non-hydrogen) atoms. The van der Waals surface area contributed by atoms with Crippen molar-refractivity contribution in [1.82, 2.24) is 4.90 Å². The van der Waals surface area contributed by atoms with E-state index in [0.29, 0.717) is 12.1 Å². The van der Waals surface area contributed by atoms with Crippen molar-refractivity contribution in [3.05, 3.63) is 71.8 Å². The first-order valence-electron chi connectivity index (χ1n) is 6.21. The van der Waals surface area contributed by atoms with E-state index in [2.05, 4.69) is 72.5 Å². The summed E-state index contributed by atoms with van der Waals surface area (Å²) in [6.45, 7) is 3.36. The molecule has 0 radical (unpaired) electrons. The van der Waals surface area contributed by atoms with E-state index in [9.17, 15) is 0 Å². The Kier molecular flexibility index (Phi) is 2.69. The van der Waals surface area contributed by atoms with Gasteiger partial charge in [0.2, 0.25) is 0 Å². The summed E-state index contributed by atoms with van der Waals surface area (Å²) >= 11 is 0. The van der Waals surface area contributed by atoms with Crippen molar-refractivity contribution in [2.75, 3.05) is 0 Å². The standard InChI is InChI=1S/C16H17N/c1-13-16(15-10-6-3-7-11-15)17(13)12-14-8-4-2-5-9-14/h2-11,13,16H,12H2,1H3/t13-,16+,17?/m1/s1. The lowest BCUT2D eigenvalue weighted by molar-refractivity contribution is 0.484. The summed E-state index contributed by atoms with van der Waals surface area (Å²) in [4.78, 5) is 2.53. The second-order valence-corrected chi connectivity index (χ2v) is 4.75. The van der Waals surface area contributed by atoms with Crippen LogP contribution < -0.4 is 0 Å². The molecule has 0 saturated carbocycles. The van der Waals surface area contributed by atoms with Crippen LogP contribution >= 0.6 is 0 Å². The molecule has 1 unspecified atom stereocenters. The van der Waals surface area contributed by atoms with Crippen LogP contribution in [0.25, 0.3) is 0 Å². The van der Waals surface area contributed by atoms with Crippen LogP contribution in [0.15, 0.2) is 60.7 Å². The van der Waals surface area contributed by atoms with Crippen molar-refractivity contribution in [1.29, 1.82) is 0 Å². The molecule has 3 atom stereocenters. The van der Waals surface area contributed by atoms with Gasteiger partial charge in [0.25, 0.3) is 0 Å². The molecule has 1 nitrogen and oxygen atoms in total. The van der Waals surface area contributed by atoms with Gasteiger partial charge >= 0.3 is 0 Å². The minimum Gasteiger partial charge on any atom is -0.286 e. The molecule has 0 amide bonds. The smallest absolute Gasteiger partial charge is 0.0508 e. The number of rotatable bonds is 3. The molecule has 0 aromatic heterocycles. The van der Waals surface area contributed by atoms with Gasteiger partial charge in [-0.2, -0.15) is 0 Å². The van der Waals surface area contributed by atoms with Crippen LogP contribution in [0.1, 0.15) is 24.1 Å². The normalized spacial score (nSPS) is 26.8. The number of hydrogen-bond acceptors (Lipinski definition) is 1. The zero-order valence-corrected chi connectivity index (χ0v) is 10.1. The first-order valence-corrected chi connectivity index (χ1v) is 6.21. The number of benzene rings is 2. The van der Waals surface area contributed by atoms with Crippen LogP contribution in [0.4, 0.5) is 0 Å². The highest BCUT2D eigenvalue weighted by molar-refractivity contribution is 5.27. The third-order valence-corrected chi connectivity index (χ3v) is 3.60. The SMILES string of the molecule is C[C@@H]1[C@@H](c2ccccc2)N1Cc1ccccc1. The van der Waals surface area contributed by atoms with Crippen molar-refractivity contribution >= 4 is 0 Å². The molecule has 1 heteroatoms. The van der Waals surface area contributed by atoms with E-state index in [1.54, 1.807) is 0 Å². The third kappa shape index (κ3) is 2.11. The topological polar surface area (TPSA) is 3.01 Å². The molecule has 0 N–H and O–H groups in total. The maximum absolute atomic E-state index is 2.53. The van der Waals surface area contributed by atoms with E-state index in [1.807, 2.05) is 0 Å². The molecule has 2 aromatic carbocycles. The molecule has 1 heterocycles. The highest BCUT2D eigenvalue weighted by atomic mass is 15.3. The lowest BCUT2D eigenvalue weighted by Crippen LogP contribution is -2.00. The highest BCUT2D eigenvalue weighted by Crippen LogP contribution is 2.43. The van der Waals surface area contributed by atoms with Crippen LogP contribution in [-0.2, 0) is 6.54 Å². The van der Waals surface area contributed by atoms with Crippen LogP contribution in [0.2, 0.25) is 0 Å². The van der Waals surface area contributed by atoms with E-state index < -0.39 is 0 Å². The van der Waals surface area contributed by atoms with Gasteiger partial charge in [0.05, 0.1) is 6.04 Å². The Morgan fingerprint density at radius 3 is 2.12 bits per heavy atom. The molecule has 1 aliphatic heterocycles. The first-order chi connectivity index (χ1) is 8.36. The van der Waals surface area contributed by atoms with Crippen LogP contribution in [0.3, 0.4) is 0 Å². The average molecular weight is 223 g/mol. The summed E-state index contributed by atoms with van der Waals surface area (Å²) in [5, 5.41) is 0. The molecule has 0 bridgehead atoms. The Morgan fingerprint density at radius 1 is 0.882 bits per heavy atom. The van der Waals surface area contributed by atoms with Gasteiger partial charge in [-0.1, -0.05) is 60.7 Å². The Bertz CT molecular complexity index is 477. The minimum absolute atomic E-state index is 0.608. The van der Waals surface area contributed by atoms with Gasteiger partial charge in [0.15, 0.2) is 0 Å². The molecule has 1 fully saturated rings. The molecular formula is C16H17N. The van der Waals surface area contributed by atoms with Gasteiger partial charge in [-0.25, -0.2) is 0 Å². The van der Waals surface area contributed by atoms with Crippen molar-refractivity contribution in [2.45, 2.75) is 25.6 Å². The van der Waals surface area contributed by atoms with E-state index in [0.717, 1.165) is 6.54 Å².